The van der Waals surface area contributed by atoms with Crippen LogP contribution in [-0.2, 0) is 14.6 Å². The summed E-state index contributed by atoms with van der Waals surface area (Å²) in [5, 5.41) is 0. The van der Waals surface area contributed by atoms with Crippen molar-refractivity contribution in [1.82, 2.24) is 0 Å². The average molecular weight is 357 g/mol. The molecule has 0 amide bonds. The zero-order chi connectivity index (χ0) is 14.8. The Hall–Kier alpha value is -0.327. The molecule has 0 spiro atoms. The molecule has 0 aromatic heterocycles. The maximum atomic E-state index is 12.9. The Morgan fingerprint density at radius 3 is 2.35 bits per heavy atom. The summed E-state index contributed by atoms with van der Waals surface area (Å²) in [6.45, 7) is 0.854. The monoisotopic (exact) mass is 358 g/mol. The average Bonchev–Trinajstić information content (AvgIpc) is 3.18. The van der Waals surface area contributed by atoms with Crippen LogP contribution in [0.1, 0.15) is 19.3 Å². The van der Waals surface area contributed by atoms with Gasteiger partial charge in [0.1, 0.15) is 0 Å². The van der Waals surface area contributed by atoms with Gasteiger partial charge in [-0.25, -0.2) is 0 Å². The molecule has 1 aromatic rings. The first-order chi connectivity index (χ1) is 9.32. The normalized spacial score (nSPS) is 20.6. The van der Waals surface area contributed by atoms with Crippen LogP contribution in [0.3, 0.4) is 0 Å². The minimum absolute atomic E-state index is 0.163. The van der Waals surface area contributed by atoms with Gasteiger partial charge in [-0.05, 0) is 0 Å². The van der Waals surface area contributed by atoms with Crippen molar-refractivity contribution in [3.63, 3.8) is 0 Å². The fraction of sp³-hybridized carbons (Fsp3) is 0.600. The molecule has 0 bridgehead atoms. The van der Waals surface area contributed by atoms with Gasteiger partial charge in [-0.1, -0.05) is 0 Å². The predicted molar refractivity (Wildman–Crippen MR) is 84.4 cm³/mol. The van der Waals surface area contributed by atoms with Gasteiger partial charge in [-0.15, -0.1) is 0 Å². The molecular weight excluding hydrogens is 333 g/mol. The van der Waals surface area contributed by atoms with E-state index < -0.39 is 23.1 Å². The van der Waals surface area contributed by atoms with Crippen molar-refractivity contribution in [2.24, 2.45) is 0 Å². The molecule has 1 fully saturated rings. The van der Waals surface area contributed by atoms with Crippen LogP contribution in [0.5, 0.6) is 0 Å². The van der Waals surface area contributed by atoms with Gasteiger partial charge in [-0.3, -0.25) is 0 Å². The summed E-state index contributed by atoms with van der Waals surface area (Å²) >= 11 is -2.32. The summed E-state index contributed by atoms with van der Waals surface area (Å²) in [6.07, 6.45) is 3.12. The van der Waals surface area contributed by atoms with Crippen LogP contribution in [0.2, 0.25) is 17.3 Å². The van der Waals surface area contributed by atoms with Crippen molar-refractivity contribution in [2.75, 3.05) is 6.61 Å². The molecule has 0 N–H and O–H groups in total. The molecule has 2 rings (SSSR count). The van der Waals surface area contributed by atoms with E-state index in [1.807, 2.05) is 6.07 Å². The van der Waals surface area contributed by atoms with Crippen molar-refractivity contribution < 1.29 is 13.2 Å². The third-order valence-electron chi connectivity index (χ3n) is 3.81. The first kappa shape index (κ1) is 16.1. The van der Waals surface area contributed by atoms with Gasteiger partial charge in [0.05, 0.1) is 0 Å². The molecule has 0 aliphatic carbocycles. The quantitative estimate of drug-likeness (QED) is 0.556. The van der Waals surface area contributed by atoms with Crippen LogP contribution in [0.15, 0.2) is 35.2 Å². The third kappa shape index (κ3) is 4.09. The number of hydrogen-bond donors (Lipinski definition) is 0. The Balaban J connectivity index is 2.16. The molecule has 112 valence electrons. The second-order valence-electron chi connectivity index (χ2n) is 6.60. The summed E-state index contributed by atoms with van der Waals surface area (Å²) in [4.78, 5) is 0.480. The van der Waals surface area contributed by atoms with E-state index in [0.29, 0.717) is 11.0 Å². The van der Waals surface area contributed by atoms with Crippen molar-refractivity contribution >= 4 is 23.1 Å². The number of epoxide rings is 1. The van der Waals surface area contributed by atoms with Crippen molar-refractivity contribution in [1.29, 1.82) is 0 Å². The topological polar surface area (TPSA) is 46.7 Å². The van der Waals surface area contributed by atoms with Gasteiger partial charge in [0.25, 0.3) is 0 Å². The Kier molecular flexibility index (Phi) is 4.97. The molecule has 1 aliphatic heterocycles. The summed E-state index contributed by atoms with van der Waals surface area (Å²) < 4.78 is 30.8. The first-order valence-electron chi connectivity index (χ1n) is 7.22. The molecule has 2 atom stereocenters. The van der Waals surface area contributed by atoms with Crippen molar-refractivity contribution in [3.05, 3.63) is 30.3 Å². The van der Waals surface area contributed by atoms with E-state index in [-0.39, 0.29) is 4.08 Å². The molecule has 0 saturated carbocycles. The molecular formula is C15H24GeO3S. The fourth-order valence-corrected chi connectivity index (χ4v) is 13.8. The van der Waals surface area contributed by atoms with Crippen LogP contribution >= 0.6 is 0 Å². The maximum absolute atomic E-state index is 12.9. The second kappa shape index (κ2) is 6.20. The second-order valence-corrected chi connectivity index (χ2v) is 21.0. The third-order valence-corrected chi connectivity index (χ3v) is 16.0. The van der Waals surface area contributed by atoms with Gasteiger partial charge in [0.2, 0.25) is 0 Å². The molecule has 20 heavy (non-hydrogen) atoms. The van der Waals surface area contributed by atoms with Crippen LogP contribution in [0.25, 0.3) is 0 Å². The van der Waals surface area contributed by atoms with Crippen molar-refractivity contribution in [2.45, 2.75) is 51.6 Å². The van der Waals surface area contributed by atoms with Crippen LogP contribution < -0.4 is 0 Å². The zero-order valence-corrected chi connectivity index (χ0v) is 15.4. The van der Waals surface area contributed by atoms with Crippen LogP contribution in [0, 0.1) is 0 Å². The Morgan fingerprint density at radius 2 is 1.85 bits per heavy atom. The van der Waals surface area contributed by atoms with Crippen molar-refractivity contribution in [3.8, 4) is 0 Å². The van der Waals surface area contributed by atoms with E-state index in [4.69, 9.17) is 4.74 Å². The van der Waals surface area contributed by atoms with E-state index in [1.54, 1.807) is 24.3 Å². The Morgan fingerprint density at radius 1 is 1.25 bits per heavy atom. The zero-order valence-electron chi connectivity index (χ0n) is 12.5. The van der Waals surface area contributed by atoms with Crippen LogP contribution in [-0.4, -0.2) is 38.5 Å². The van der Waals surface area contributed by atoms with E-state index in [0.717, 1.165) is 25.9 Å². The molecule has 1 heterocycles. The van der Waals surface area contributed by atoms with Gasteiger partial charge in [0.15, 0.2) is 0 Å². The molecule has 1 aliphatic rings. The molecule has 5 heteroatoms. The molecule has 1 saturated heterocycles. The Labute approximate surface area is 125 Å². The van der Waals surface area contributed by atoms with E-state index in [1.165, 1.54) is 0 Å². The van der Waals surface area contributed by atoms with E-state index in [9.17, 15) is 8.42 Å². The SMILES string of the molecule is [CH3][Ge]([CH3])([CH3])[CH](CCCC1CO1)S(=O)(=O)c1ccccc1. The number of benzene rings is 1. The van der Waals surface area contributed by atoms with Gasteiger partial charge >= 0.3 is 125 Å². The summed E-state index contributed by atoms with van der Waals surface area (Å²) in [6, 6.07) is 8.91. The Bertz CT molecular complexity index is 530. The molecule has 0 radical (unpaired) electrons. The van der Waals surface area contributed by atoms with Gasteiger partial charge in [-0.2, -0.15) is 0 Å². The molecule has 3 nitrogen and oxygen atoms in total. The number of hydrogen-bond acceptors (Lipinski definition) is 3. The standard InChI is InChI=1S/C15H24GeO3S/c1-16(2,3)15(11-7-8-13-12-19-13)20(17,18)14-9-5-4-6-10-14/h4-6,9-10,13,15H,7-8,11-12H2,1-3H3. The van der Waals surface area contributed by atoms with E-state index >= 15 is 0 Å². The first-order valence-corrected chi connectivity index (χ1v) is 16.3. The van der Waals surface area contributed by atoms with E-state index in [2.05, 4.69) is 17.3 Å². The minimum atomic E-state index is -3.19. The van der Waals surface area contributed by atoms with Gasteiger partial charge < -0.3 is 0 Å². The number of ether oxygens (including phenoxy) is 1. The van der Waals surface area contributed by atoms with Crippen LogP contribution in [0.4, 0.5) is 0 Å². The summed E-state index contributed by atoms with van der Waals surface area (Å²) in [5.41, 5.74) is 0. The molecule has 2 unspecified atom stereocenters. The molecule has 1 aromatic carbocycles. The predicted octanol–water partition coefficient (Wildman–Crippen LogP) is 3.28. The van der Waals surface area contributed by atoms with Gasteiger partial charge in [0, 0.05) is 0 Å². The number of sulfone groups is 1. The fourth-order valence-electron chi connectivity index (χ4n) is 2.59. The summed E-state index contributed by atoms with van der Waals surface area (Å²) in [7, 11) is -3.19. The summed E-state index contributed by atoms with van der Waals surface area (Å²) in [5.74, 6) is 6.58. The number of rotatable bonds is 7.